The number of nitrogens with two attached hydrogens (primary N) is 1. The summed E-state index contributed by atoms with van der Waals surface area (Å²) in [6.45, 7) is 1.92. The van der Waals surface area contributed by atoms with E-state index in [-0.39, 0.29) is 23.7 Å². The van der Waals surface area contributed by atoms with E-state index in [1.165, 1.54) is 23.5 Å². The molecule has 0 radical (unpaired) electrons. The van der Waals surface area contributed by atoms with Gasteiger partial charge in [0, 0.05) is 0 Å². The molecule has 0 saturated heterocycles. The minimum Gasteiger partial charge on any atom is -0.368 e. The van der Waals surface area contributed by atoms with E-state index in [9.17, 15) is 10.1 Å². The summed E-state index contributed by atoms with van der Waals surface area (Å²) in [7, 11) is 0. The molecule has 1 heterocycles. The molecule has 124 valence electrons. The number of thioether (sulfide) groups is 2. The minimum atomic E-state index is -0.136. The van der Waals surface area contributed by atoms with E-state index in [2.05, 4.69) is 21.4 Å². The molecule has 0 spiro atoms. The van der Waals surface area contributed by atoms with Crippen molar-refractivity contribution in [2.24, 2.45) is 0 Å². The lowest BCUT2D eigenvalue weighted by molar-refractivity contribution is -0.119. The average Bonchev–Trinajstić information content (AvgIpc) is 2.60. The summed E-state index contributed by atoms with van der Waals surface area (Å²) in [5.41, 5.74) is 7.05. The smallest absolute Gasteiger partial charge is 0.230 e. The molecule has 3 N–H and O–H groups in total. The van der Waals surface area contributed by atoms with Crippen LogP contribution in [-0.4, -0.2) is 27.9 Å². The highest BCUT2D eigenvalue weighted by molar-refractivity contribution is 8.00. The molecule has 0 saturated carbocycles. The number of hydrogen-bond donors (Lipinski definition) is 2. The maximum atomic E-state index is 12.1. The number of rotatable bonds is 6. The Labute approximate surface area is 149 Å². The van der Waals surface area contributed by atoms with E-state index in [0.717, 1.165) is 5.56 Å². The lowest BCUT2D eigenvalue weighted by atomic mass is 10.1. The Kier molecular flexibility index (Phi) is 6.46. The fourth-order valence-corrected chi connectivity index (χ4v) is 3.42. The zero-order valence-electron chi connectivity index (χ0n) is 13.3. The molecule has 1 aromatic heterocycles. The summed E-state index contributed by atoms with van der Waals surface area (Å²) in [5, 5.41) is 13.2. The fourth-order valence-electron chi connectivity index (χ4n) is 2.03. The first-order chi connectivity index (χ1) is 11.5. The van der Waals surface area contributed by atoms with Crippen molar-refractivity contribution in [3.8, 4) is 6.07 Å². The molecule has 24 heavy (non-hydrogen) atoms. The average molecular weight is 359 g/mol. The second-order valence-electron chi connectivity index (χ2n) is 4.87. The number of aromatic nitrogens is 2. The van der Waals surface area contributed by atoms with Crippen molar-refractivity contribution in [3.05, 3.63) is 41.5 Å². The van der Waals surface area contributed by atoms with E-state index >= 15 is 0 Å². The van der Waals surface area contributed by atoms with Crippen LogP contribution in [0.25, 0.3) is 0 Å². The molecule has 0 fully saturated rings. The van der Waals surface area contributed by atoms with Gasteiger partial charge in [0.15, 0.2) is 0 Å². The van der Waals surface area contributed by atoms with E-state index in [4.69, 9.17) is 5.73 Å². The number of nitrogens with zero attached hydrogens (tertiary/aromatic N) is 3. The van der Waals surface area contributed by atoms with Gasteiger partial charge in [0.05, 0.1) is 11.8 Å². The van der Waals surface area contributed by atoms with Crippen molar-refractivity contribution in [2.45, 2.75) is 23.0 Å². The molecule has 0 aliphatic heterocycles. The lowest BCUT2D eigenvalue weighted by Gasteiger charge is -2.14. The molecule has 1 atom stereocenters. The van der Waals surface area contributed by atoms with Crippen molar-refractivity contribution in [2.75, 3.05) is 17.7 Å². The Hall–Kier alpha value is -2.24. The van der Waals surface area contributed by atoms with Gasteiger partial charge < -0.3 is 11.1 Å². The Balaban J connectivity index is 2.02. The van der Waals surface area contributed by atoms with Crippen molar-refractivity contribution in [1.82, 2.24) is 15.3 Å². The highest BCUT2D eigenvalue weighted by atomic mass is 32.2. The standard InChI is InChI=1S/C16H17N5OS2/c1-10(11-6-4-3-5-7-11)19-13(22)9-24-15-12(8-17)14(23-2)20-16(18)21-15/h3-7,10H,9H2,1-2H3,(H,19,22)(H2,18,20,21)/t10-/m1/s1. The number of carbonyl (C=O) groups is 1. The quantitative estimate of drug-likeness (QED) is 0.603. The van der Waals surface area contributed by atoms with Crippen LogP contribution in [0.15, 0.2) is 40.4 Å². The van der Waals surface area contributed by atoms with E-state index in [1.54, 1.807) is 0 Å². The SMILES string of the molecule is CSc1nc(N)nc(SCC(=O)N[C@H](C)c2ccccc2)c1C#N. The third kappa shape index (κ3) is 4.63. The van der Waals surface area contributed by atoms with Crippen LogP contribution in [0.5, 0.6) is 0 Å². The zero-order chi connectivity index (χ0) is 17.5. The molecule has 0 aliphatic carbocycles. The third-order valence-corrected chi connectivity index (χ3v) is 4.84. The van der Waals surface area contributed by atoms with Crippen LogP contribution in [0.3, 0.4) is 0 Å². The van der Waals surface area contributed by atoms with E-state index in [1.807, 2.05) is 43.5 Å². The molecule has 1 amide bonds. The van der Waals surface area contributed by atoms with Crippen LogP contribution in [-0.2, 0) is 4.79 Å². The van der Waals surface area contributed by atoms with Crippen molar-refractivity contribution < 1.29 is 4.79 Å². The fraction of sp³-hybridized carbons (Fsp3) is 0.250. The van der Waals surface area contributed by atoms with Crippen LogP contribution in [0.4, 0.5) is 5.95 Å². The lowest BCUT2D eigenvalue weighted by Crippen LogP contribution is -2.28. The predicted octanol–water partition coefficient (Wildman–Crippen LogP) is 2.62. The van der Waals surface area contributed by atoms with Crippen LogP contribution in [0, 0.1) is 11.3 Å². The van der Waals surface area contributed by atoms with Gasteiger partial charge in [-0.25, -0.2) is 9.97 Å². The highest BCUT2D eigenvalue weighted by Gasteiger charge is 2.16. The van der Waals surface area contributed by atoms with Gasteiger partial charge >= 0.3 is 0 Å². The number of benzene rings is 1. The maximum absolute atomic E-state index is 12.1. The Morgan fingerprint density at radius 2 is 2.00 bits per heavy atom. The van der Waals surface area contributed by atoms with Gasteiger partial charge in [0.2, 0.25) is 11.9 Å². The van der Waals surface area contributed by atoms with Gasteiger partial charge in [0.1, 0.15) is 21.7 Å². The summed E-state index contributed by atoms with van der Waals surface area (Å²) in [4.78, 5) is 20.3. The first-order valence-electron chi connectivity index (χ1n) is 7.13. The van der Waals surface area contributed by atoms with Crippen LogP contribution in [0.1, 0.15) is 24.1 Å². The van der Waals surface area contributed by atoms with Gasteiger partial charge in [-0.2, -0.15) is 5.26 Å². The molecule has 6 nitrogen and oxygen atoms in total. The van der Waals surface area contributed by atoms with Crippen molar-refractivity contribution >= 4 is 35.4 Å². The Morgan fingerprint density at radius 1 is 1.33 bits per heavy atom. The second kappa shape index (κ2) is 8.57. The third-order valence-electron chi connectivity index (χ3n) is 3.18. The molecule has 8 heteroatoms. The van der Waals surface area contributed by atoms with E-state index < -0.39 is 0 Å². The molecular weight excluding hydrogens is 342 g/mol. The predicted molar refractivity (Wildman–Crippen MR) is 96.7 cm³/mol. The van der Waals surface area contributed by atoms with E-state index in [0.29, 0.717) is 15.6 Å². The van der Waals surface area contributed by atoms with Gasteiger partial charge in [-0.15, -0.1) is 11.8 Å². The summed E-state index contributed by atoms with van der Waals surface area (Å²) < 4.78 is 0. The zero-order valence-corrected chi connectivity index (χ0v) is 14.9. The Bertz CT molecular complexity index is 761. The monoisotopic (exact) mass is 359 g/mol. The number of amides is 1. The molecule has 1 aromatic carbocycles. The van der Waals surface area contributed by atoms with Gasteiger partial charge in [-0.1, -0.05) is 42.1 Å². The van der Waals surface area contributed by atoms with Gasteiger partial charge in [0.25, 0.3) is 0 Å². The van der Waals surface area contributed by atoms with Gasteiger partial charge in [-0.3, -0.25) is 4.79 Å². The number of nitrogens with one attached hydrogen (secondary N) is 1. The maximum Gasteiger partial charge on any atom is 0.230 e. The molecular formula is C16H17N5OS2. The topological polar surface area (TPSA) is 105 Å². The number of hydrogen-bond acceptors (Lipinski definition) is 7. The van der Waals surface area contributed by atoms with Crippen LogP contribution in [0.2, 0.25) is 0 Å². The summed E-state index contributed by atoms with van der Waals surface area (Å²) in [6, 6.07) is 11.7. The van der Waals surface area contributed by atoms with Crippen LogP contribution >= 0.6 is 23.5 Å². The molecule has 0 aliphatic rings. The summed E-state index contributed by atoms with van der Waals surface area (Å²) in [5.74, 6) is 0.109. The molecule has 2 rings (SSSR count). The first kappa shape index (κ1) is 18.1. The molecule has 2 aromatic rings. The normalized spacial score (nSPS) is 11.5. The number of nitrogen functional groups attached to an aromatic ring is 1. The highest BCUT2D eigenvalue weighted by Crippen LogP contribution is 2.27. The Morgan fingerprint density at radius 3 is 2.62 bits per heavy atom. The minimum absolute atomic E-state index is 0.0908. The van der Waals surface area contributed by atoms with Gasteiger partial charge in [-0.05, 0) is 18.7 Å². The molecule has 0 bridgehead atoms. The first-order valence-corrected chi connectivity index (χ1v) is 9.35. The van der Waals surface area contributed by atoms with Crippen molar-refractivity contribution in [3.63, 3.8) is 0 Å². The number of anilines is 1. The van der Waals surface area contributed by atoms with Crippen LogP contribution < -0.4 is 11.1 Å². The summed E-state index contributed by atoms with van der Waals surface area (Å²) >= 11 is 2.50. The second-order valence-corrected chi connectivity index (χ2v) is 6.63. The molecule has 0 unspecified atom stereocenters. The van der Waals surface area contributed by atoms with Crippen molar-refractivity contribution in [1.29, 1.82) is 5.26 Å². The summed E-state index contributed by atoms with van der Waals surface area (Å²) in [6.07, 6.45) is 1.81. The largest absolute Gasteiger partial charge is 0.368 e. The number of carbonyl (C=O) groups excluding carboxylic acids is 1. The number of nitriles is 1.